The van der Waals surface area contributed by atoms with Crippen LogP contribution < -0.4 is 5.32 Å². The van der Waals surface area contributed by atoms with Crippen LogP contribution in [0.5, 0.6) is 0 Å². The van der Waals surface area contributed by atoms with Crippen molar-refractivity contribution in [3.8, 4) is 11.1 Å². The predicted molar refractivity (Wildman–Crippen MR) is 133 cm³/mol. The molecular formula is C26H28ClFN4O4. The molecule has 0 unspecified atom stereocenters. The number of carbonyl (C=O) groups is 3. The second-order valence-corrected chi connectivity index (χ2v) is 8.93. The van der Waals surface area contributed by atoms with E-state index in [1.807, 2.05) is 12.1 Å². The van der Waals surface area contributed by atoms with E-state index in [2.05, 4.69) is 20.7 Å². The molecule has 1 aromatic heterocycles. The van der Waals surface area contributed by atoms with Gasteiger partial charge in [-0.15, -0.1) is 0 Å². The van der Waals surface area contributed by atoms with Gasteiger partial charge in [-0.3, -0.25) is 14.4 Å². The van der Waals surface area contributed by atoms with Gasteiger partial charge in [0.1, 0.15) is 11.5 Å². The number of hydrogen-bond donors (Lipinski definition) is 2. The molecule has 3 rings (SSSR count). The molecule has 1 amide bonds. The standard InChI is InChI=1S/C26H28ClFN4O4/c1-3-36-26(35)20(14-29-16(2)33)11-18(12-25(34)24-15-30-32-31-24)10-17-4-6-19(7-5-17)22-13-21(27)8-9-23(22)28/h4-9,13,15,18,20H,3,10-12,14H2,1-2H3,(H,29,33)(H,30,31,32)/t18-,20+/m1/s1. The second kappa shape index (κ2) is 12.9. The Morgan fingerprint density at radius 3 is 2.56 bits per heavy atom. The molecule has 3 aromatic rings. The van der Waals surface area contributed by atoms with Crippen molar-refractivity contribution in [2.24, 2.45) is 11.8 Å². The summed E-state index contributed by atoms with van der Waals surface area (Å²) in [7, 11) is 0. The maximum absolute atomic E-state index is 14.3. The number of ketones is 1. The number of ether oxygens (including phenoxy) is 1. The second-order valence-electron chi connectivity index (χ2n) is 8.50. The molecule has 0 spiro atoms. The Bertz CT molecular complexity index is 1190. The van der Waals surface area contributed by atoms with Crippen LogP contribution in [0.1, 0.15) is 42.7 Å². The molecule has 0 bridgehead atoms. The van der Waals surface area contributed by atoms with Gasteiger partial charge < -0.3 is 10.1 Å². The molecule has 0 aliphatic heterocycles. The highest BCUT2D eigenvalue weighted by Gasteiger charge is 2.27. The van der Waals surface area contributed by atoms with E-state index < -0.39 is 11.9 Å². The van der Waals surface area contributed by atoms with Crippen molar-refractivity contribution in [2.45, 2.75) is 33.1 Å². The van der Waals surface area contributed by atoms with Crippen molar-refractivity contribution in [3.05, 3.63) is 70.8 Å². The molecule has 2 atom stereocenters. The Hall–Kier alpha value is -3.59. The molecule has 2 aromatic carbocycles. The molecule has 0 saturated heterocycles. The van der Waals surface area contributed by atoms with Gasteiger partial charge in [-0.25, -0.2) is 4.39 Å². The summed E-state index contributed by atoms with van der Waals surface area (Å²) < 4.78 is 19.5. The van der Waals surface area contributed by atoms with Gasteiger partial charge in [-0.05, 0) is 55.0 Å². The van der Waals surface area contributed by atoms with E-state index in [1.165, 1.54) is 25.3 Å². The minimum atomic E-state index is -0.621. The summed E-state index contributed by atoms with van der Waals surface area (Å²) in [6.45, 7) is 3.40. The number of nitrogens with zero attached hydrogens (tertiary/aromatic N) is 2. The zero-order valence-electron chi connectivity index (χ0n) is 20.1. The van der Waals surface area contributed by atoms with Crippen LogP contribution in [0.25, 0.3) is 11.1 Å². The number of nitrogens with one attached hydrogen (secondary N) is 2. The van der Waals surface area contributed by atoms with Gasteiger partial charge in [-0.2, -0.15) is 15.4 Å². The van der Waals surface area contributed by atoms with Gasteiger partial charge in [0, 0.05) is 30.5 Å². The first-order valence-corrected chi connectivity index (χ1v) is 12.0. The number of carbonyl (C=O) groups excluding carboxylic acids is 3. The number of benzene rings is 2. The van der Waals surface area contributed by atoms with E-state index in [9.17, 15) is 18.8 Å². The molecule has 1 heterocycles. The molecule has 0 saturated carbocycles. The maximum atomic E-state index is 14.3. The number of amides is 1. The van der Waals surface area contributed by atoms with Crippen LogP contribution in [0.15, 0.2) is 48.7 Å². The van der Waals surface area contributed by atoms with Crippen molar-refractivity contribution in [3.63, 3.8) is 0 Å². The summed E-state index contributed by atoms with van der Waals surface area (Å²) in [6, 6.07) is 11.7. The lowest BCUT2D eigenvalue weighted by Gasteiger charge is -2.22. The van der Waals surface area contributed by atoms with E-state index in [1.54, 1.807) is 25.1 Å². The molecule has 8 nitrogen and oxygen atoms in total. The van der Waals surface area contributed by atoms with Crippen LogP contribution in [0.4, 0.5) is 4.39 Å². The van der Waals surface area contributed by atoms with Crippen molar-refractivity contribution in [2.75, 3.05) is 13.2 Å². The average molecular weight is 515 g/mol. The number of rotatable bonds is 12. The number of aromatic nitrogens is 3. The fourth-order valence-electron chi connectivity index (χ4n) is 4.01. The van der Waals surface area contributed by atoms with Crippen molar-refractivity contribution < 1.29 is 23.5 Å². The van der Waals surface area contributed by atoms with Crippen molar-refractivity contribution >= 4 is 29.3 Å². The summed E-state index contributed by atoms with van der Waals surface area (Å²) in [5.41, 5.74) is 2.18. The fraction of sp³-hybridized carbons (Fsp3) is 0.346. The minimum Gasteiger partial charge on any atom is -0.466 e. The lowest BCUT2D eigenvalue weighted by molar-refractivity contribution is -0.148. The van der Waals surface area contributed by atoms with E-state index in [4.69, 9.17) is 16.3 Å². The van der Waals surface area contributed by atoms with Crippen LogP contribution in [-0.4, -0.2) is 46.2 Å². The molecule has 190 valence electrons. The van der Waals surface area contributed by atoms with Gasteiger partial charge in [0.25, 0.3) is 0 Å². The Morgan fingerprint density at radius 2 is 1.92 bits per heavy atom. The first kappa shape index (κ1) is 27.0. The topological polar surface area (TPSA) is 114 Å². The highest BCUT2D eigenvalue weighted by molar-refractivity contribution is 6.30. The Balaban J connectivity index is 1.81. The average Bonchev–Trinajstić information content (AvgIpc) is 3.39. The summed E-state index contributed by atoms with van der Waals surface area (Å²) in [5, 5.41) is 13.1. The largest absolute Gasteiger partial charge is 0.466 e. The molecule has 0 aliphatic rings. The van der Waals surface area contributed by atoms with Crippen LogP contribution in [0, 0.1) is 17.7 Å². The van der Waals surface area contributed by atoms with Crippen molar-refractivity contribution in [1.82, 2.24) is 20.7 Å². The van der Waals surface area contributed by atoms with Gasteiger partial charge >= 0.3 is 5.97 Å². The third kappa shape index (κ3) is 7.71. The summed E-state index contributed by atoms with van der Waals surface area (Å²) in [6.07, 6.45) is 2.26. The van der Waals surface area contributed by atoms with Crippen LogP contribution in [0.2, 0.25) is 5.02 Å². The number of esters is 1. The summed E-state index contributed by atoms with van der Waals surface area (Å²) in [5.74, 6) is -2.16. The Labute approximate surface area is 213 Å². The minimum absolute atomic E-state index is 0.107. The molecule has 36 heavy (non-hydrogen) atoms. The number of aromatic amines is 1. The Kier molecular flexibility index (Phi) is 9.69. The first-order chi connectivity index (χ1) is 17.3. The van der Waals surface area contributed by atoms with Crippen molar-refractivity contribution in [1.29, 1.82) is 0 Å². The predicted octanol–water partition coefficient (Wildman–Crippen LogP) is 4.40. The van der Waals surface area contributed by atoms with Crippen LogP contribution in [0.3, 0.4) is 0 Å². The normalized spacial score (nSPS) is 12.6. The van der Waals surface area contributed by atoms with Gasteiger partial charge in [0.2, 0.25) is 5.91 Å². The molecule has 0 radical (unpaired) electrons. The molecule has 0 aliphatic carbocycles. The Morgan fingerprint density at radius 1 is 1.17 bits per heavy atom. The number of hydrogen-bond acceptors (Lipinski definition) is 6. The number of halogens is 2. The first-order valence-electron chi connectivity index (χ1n) is 11.6. The molecule has 10 heteroatoms. The monoisotopic (exact) mass is 514 g/mol. The fourth-order valence-corrected chi connectivity index (χ4v) is 4.18. The number of H-pyrrole nitrogens is 1. The third-order valence-corrected chi connectivity index (χ3v) is 5.96. The number of Topliss-reactive ketones (excluding diaryl/α,β-unsaturated/α-hetero) is 1. The molecule has 2 N–H and O–H groups in total. The van der Waals surface area contributed by atoms with E-state index >= 15 is 0 Å². The van der Waals surface area contributed by atoms with Crippen LogP contribution in [-0.2, 0) is 20.7 Å². The SMILES string of the molecule is CCOC(=O)[C@H](CNC(C)=O)C[C@H](CC(=O)c1cn[nH]n1)Cc1ccc(-c2cc(Cl)ccc2F)cc1. The summed E-state index contributed by atoms with van der Waals surface area (Å²) >= 11 is 6.02. The highest BCUT2D eigenvalue weighted by Crippen LogP contribution is 2.28. The van der Waals surface area contributed by atoms with Gasteiger partial charge in [-0.1, -0.05) is 35.9 Å². The lowest BCUT2D eigenvalue weighted by atomic mass is 9.85. The van der Waals surface area contributed by atoms with Gasteiger partial charge in [0.05, 0.1) is 18.7 Å². The highest BCUT2D eigenvalue weighted by atomic mass is 35.5. The zero-order chi connectivity index (χ0) is 26.1. The third-order valence-electron chi connectivity index (χ3n) is 5.73. The zero-order valence-corrected chi connectivity index (χ0v) is 20.8. The van der Waals surface area contributed by atoms with E-state index in [0.29, 0.717) is 29.0 Å². The summed E-state index contributed by atoms with van der Waals surface area (Å²) in [4.78, 5) is 36.8. The van der Waals surface area contributed by atoms with E-state index in [-0.39, 0.29) is 48.7 Å². The smallest absolute Gasteiger partial charge is 0.310 e. The quantitative estimate of drug-likeness (QED) is 0.273. The maximum Gasteiger partial charge on any atom is 0.310 e. The molecule has 0 fully saturated rings. The molecular weight excluding hydrogens is 487 g/mol. The lowest BCUT2D eigenvalue weighted by Crippen LogP contribution is -2.34. The van der Waals surface area contributed by atoms with Gasteiger partial charge in [0.15, 0.2) is 5.78 Å². The van der Waals surface area contributed by atoms with Crippen LogP contribution >= 0.6 is 11.6 Å². The van der Waals surface area contributed by atoms with E-state index in [0.717, 1.165) is 5.56 Å².